The number of nitrogens with one attached hydrogen (secondary N) is 1. The summed E-state index contributed by atoms with van der Waals surface area (Å²) in [5, 5.41) is 2.79. The van der Waals surface area contributed by atoms with E-state index in [0.717, 1.165) is 4.47 Å². The summed E-state index contributed by atoms with van der Waals surface area (Å²) < 4.78 is 11.3. The minimum Gasteiger partial charge on any atom is -0.495 e. The summed E-state index contributed by atoms with van der Waals surface area (Å²) in [5.74, 6) is -1.38. The summed E-state index contributed by atoms with van der Waals surface area (Å²) in [7, 11) is 1.53. The van der Waals surface area contributed by atoms with Crippen molar-refractivity contribution in [2.45, 2.75) is 6.42 Å². The molecule has 0 saturated carbocycles. The summed E-state index contributed by atoms with van der Waals surface area (Å²) in [6.07, 6.45) is 0.0840. The van der Waals surface area contributed by atoms with Gasteiger partial charge in [-0.1, -0.05) is 40.2 Å². The zero-order valence-electron chi connectivity index (χ0n) is 19.4. The lowest BCUT2D eigenvalue weighted by Crippen LogP contribution is -2.28. The zero-order chi connectivity index (χ0) is 25.7. The van der Waals surface area contributed by atoms with Crippen molar-refractivity contribution in [1.82, 2.24) is 0 Å². The van der Waals surface area contributed by atoms with Crippen LogP contribution < -0.4 is 15.0 Å². The number of esters is 1. The molecule has 0 unspecified atom stereocenters. The first-order valence-electron chi connectivity index (χ1n) is 11.2. The molecule has 0 radical (unpaired) electrons. The number of para-hydroxylation sites is 2. The molecule has 4 rings (SSSR count). The largest absolute Gasteiger partial charge is 0.495 e. The first kappa shape index (κ1) is 25.1. The van der Waals surface area contributed by atoms with E-state index in [1.54, 1.807) is 53.4 Å². The summed E-state index contributed by atoms with van der Waals surface area (Å²) in [5.41, 5.74) is 1.79. The Kier molecular flexibility index (Phi) is 7.80. The van der Waals surface area contributed by atoms with Gasteiger partial charge in [0.05, 0.1) is 24.3 Å². The van der Waals surface area contributed by atoms with E-state index in [1.807, 2.05) is 12.1 Å². The lowest BCUT2D eigenvalue weighted by molar-refractivity contribution is -0.122. The average molecular weight is 551 g/mol. The van der Waals surface area contributed by atoms with Crippen LogP contribution in [0.1, 0.15) is 27.1 Å². The van der Waals surface area contributed by atoms with Crippen LogP contribution >= 0.6 is 15.9 Å². The highest BCUT2D eigenvalue weighted by Gasteiger charge is 2.36. The highest BCUT2D eigenvalue weighted by molar-refractivity contribution is 9.10. The molecule has 184 valence electrons. The van der Waals surface area contributed by atoms with Crippen LogP contribution in [0.2, 0.25) is 0 Å². The SMILES string of the molecule is COc1ccccc1N1C[C@@H](C(=O)Nc2ccc(C(=O)OCC(=O)c3ccc(Br)cc3)cc2)CC1=O. The number of rotatable bonds is 8. The fraction of sp³-hybridized carbons (Fsp3) is 0.185. The number of hydrogen-bond acceptors (Lipinski definition) is 6. The van der Waals surface area contributed by atoms with Gasteiger partial charge in [-0.05, 0) is 48.5 Å². The number of anilines is 2. The molecule has 1 fully saturated rings. The van der Waals surface area contributed by atoms with Crippen LogP contribution in [0.4, 0.5) is 11.4 Å². The number of carbonyl (C=O) groups excluding carboxylic acids is 4. The molecule has 1 saturated heterocycles. The molecule has 1 atom stereocenters. The highest BCUT2D eigenvalue weighted by Crippen LogP contribution is 2.33. The number of carbonyl (C=O) groups is 4. The monoisotopic (exact) mass is 550 g/mol. The molecule has 1 aliphatic heterocycles. The maximum absolute atomic E-state index is 12.8. The third-order valence-electron chi connectivity index (χ3n) is 5.76. The zero-order valence-corrected chi connectivity index (χ0v) is 21.0. The Balaban J connectivity index is 1.31. The van der Waals surface area contributed by atoms with Gasteiger partial charge >= 0.3 is 5.97 Å². The normalized spacial score (nSPS) is 14.9. The number of ether oxygens (including phenoxy) is 2. The van der Waals surface area contributed by atoms with Gasteiger partial charge in [-0.15, -0.1) is 0 Å². The number of methoxy groups -OCH3 is 1. The van der Waals surface area contributed by atoms with Gasteiger partial charge in [0, 0.05) is 28.7 Å². The number of Topliss-reactive ketones (excluding diaryl/α,β-unsaturated/α-hetero) is 1. The third-order valence-corrected chi connectivity index (χ3v) is 6.29. The molecule has 1 N–H and O–H groups in total. The Morgan fingerprint density at radius 2 is 1.64 bits per heavy atom. The second-order valence-corrected chi connectivity index (χ2v) is 9.07. The molecule has 1 heterocycles. The van der Waals surface area contributed by atoms with E-state index < -0.39 is 11.9 Å². The number of amides is 2. The van der Waals surface area contributed by atoms with Gasteiger partial charge in [0.2, 0.25) is 11.8 Å². The molecule has 0 aliphatic carbocycles. The van der Waals surface area contributed by atoms with Crippen molar-refractivity contribution in [3.63, 3.8) is 0 Å². The molecule has 0 aromatic heterocycles. The lowest BCUT2D eigenvalue weighted by Gasteiger charge is -2.19. The van der Waals surface area contributed by atoms with Crippen LogP contribution in [0, 0.1) is 5.92 Å². The van der Waals surface area contributed by atoms with E-state index in [9.17, 15) is 19.2 Å². The minimum atomic E-state index is -0.646. The van der Waals surface area contributed by atoms with E-state index in [1.165, 1.54) is 19.2 Å². The van der Waals surface area contributed by atoms with Crippen LogP contribution in [0.15, 0.2) is 77.3 Å². The predicted molar refractivity (Wildman–Crippen MR) is 137 cm³/mol. The Bertz CT molecular complexity index is 1290. The van der Waals surface area contributed by atoms with Crippen molar-refractivity contribution in [3.05, 3.63) is 88.4 Å². The second kappa shape index (κ2) is 11.2. The van der Waals surface area contributed by atoms with Crippen LogP contribution in [-0.2, 0) is 14.3 Å². The average Bonchev–Trinajstić information content (AvgIpc) is 3.29. The number of benzene rings is 3. The van der Waals surface area contributed by atoms with Crippen LogP contribution in [0.5, 0.6) is 5.75 Å². The maximum atomic E-state index is 12.8. The van der Waals surface area contributed by atoms with Crippen LogP contribution in [-0.4, -0.2) is 43.8 Å². The van der Waals surface area contributed by atoms with Crippen molar-refractivity contribution >= 4 is 50.9 Å². The molecule has 36 heavy (non-hydrogen) atoms. The standard InChI is InChI=1S/C27H23BrN2O6/c1-35-24-5-3-2-4-22(24)30-15-19(14-25(30)32)26(33)29-21-12-8-18(9-13-21)27(34)36-16-23(31)17-6-10-20(28)11-7-17/h2-13,19H,14-16H2,1H3,(H,29,33)/t19-/m0/s1. The summed E-state index contributed by atoms with van der Waals surface area (Å²) in [4.78, 5) is 51.4. The van der Waals surface area contributed by atoms with E-state index >= 15 is 0 Å². The molecule has 9 heteroatoms. The quantitative estimate of drug-likeness (QED) is 0.327. The molecular weight excluding hydrogens is 528 g/mol. The molecule has 3 aromatic rings. The van der Waals surface area contributed by atoms with Crippen molar-refractivity contribution in [2.75, 3.05) is 30.5 Å². The van der Waals surface area contributed by atoms with Crippen LogP contribution in [0.25, 0.3) is 0 Å². The fourth-order valence-electron chi connectivity index (χ4n) is 3.84. The highest BCUT2D eigenvalue weighted by atomic mass is 79.9. The molecule has 3 aromatic carbocycles. The number of ketones is 1. The third kappa shape index (κ3) is 5.80. The van der Waals surface area contributed by atoms with Gasteiger partial charge in [-0.2, -0.15) is 0 Å². The molecule has 0 bridgehead atoms. The number of nitrogens with zero attached hydrogens (tertiary/aromatic N) is 1. The smallest absolute Gasteiger partial charge is 0.338 e. The molecule has 2 amide bonds. The van der Waals surface area contributed by atoms with E-state index in [0.29, 0.717) is 22.7 Å². The first-order chi connectivity index (χ1) is 17.4. The van der Waals surface area contributed by atoms with E-state index in [2.05, 4.69) is 21.2 Å². The van der Waals surface area contributed by atoms with Gasteiger partial charge in [0.1, 0.15) is 5.75 Å². The lowest BCUT2D eigenvalue weighted by atomic mass is 10.1. The molecule has 0 spiro atoms. The minimum absolute atomic E-state index is 0.0840. The fourth-order valence-corrected chi connectivity index (χ4v) is 4.10. The van der Waals surface area contributed by atoms with Gasteiger partial charge in [0.25, 0.3) is 0 Å². The van der Waals surface area contributed by atoms with Crippen molar-refractivity contribution in [1.29, 1.82) is 0 Å². The van der Waals surface area contributed by atoms with Gasteiger partial charge in [-0.25, -0.2) is 4.79 Å². The maximum Gasteiger partial charge on any atom is 0.338 e. The van der Waals surface area contributed by atoms with Crippen LogP contribution in [0.3, 0.4) is 0 Å². The van der Waals surface area contributed by atoms with Crippen molar-refractivity contribution < 1.29 is 28.7 Å². The van der Waals surface area contributed by atoms with Crippen molar-refractivity contribution in [2.24, 2.45) is 5.92 Å². The Hall–Kier alpha value is -3.98. The summed E-state index contributed by atoms with van der Waals surface area (Å²) >= 11 is 3.30. The van der Waals surface area contributed by atoms with Crippen molar-refractivity contribution in [3.8, 4) is 5.75 Å². The summed E-state index contributed by atoms with van der Waals surface area (Å²) in [6.45, 7) is -0.140. The summed E-state index contributed by atoms with van der Waals surface area (Å²) in [6, 6.07) is 20.1. The van der Waals surface area contributed by atoms with Gasteiger partial charge < -0.3 is 19.7 Å². The Morgan fingerprint density at radius 1 is 0.972 bits per heavy atom. The Morgan fingerprint density at radius 3 is 2.33 bits per heavy atom. The molecule has 8 nitrogen and oxygen atoms in total. The first-order valence-corrected chi connectivity index (χ1v) is 11.9. The molecular formula is C27H23BrN2O6. The topological polar surface area (TPSA) is 102 Å². The van der Waals surface area contributed by atoms with Gasteiger partial charge in [0.15, 0.2) is 12.4 Å². The van der Waals surface area contributed by atoms with E-state index in [-0.39, 0.29) is 42.7 Å². The second-order valence-electron chi connectivity index (χ2n) is 8.15. The molecule has 1 aliphatic rings. The van der Waals surface area contributed by atoms with Gasteiger partial charge in [-0.3, -0.25) is 14.4 Å². The number of hydrogen-bond donors (Lipinski definition) is 1. The number of halogens is 1. The van der Waals surface area contributed by atoms with E-state index in [4.69, 9.17) is 9.47 Å². The Labute approximate surface area is 216 Å². The predicted octanol–water partition coefficient (Wildman–Crippen LogP) is 4.49.